The molecule has 3 N–H and O–H groups in total. The normalized spacial score (nSPS) is 11.0. The third-order valence-corrected chi connectivity index (χ3v) is 3.55. The maximum Gasteiger partial charge on any atom is 0.138 e. The third kappa shape index (κ3) is 2.90. The van der Waals surface area contributed by atoms with Crippen LogP contribution in [0.15, 0.2) is 42.5 Å². The first-order chi connectivity index (χ1) is 10.3. The van der Waals surface area contributed by atoms with E-state index >= 15 is 0 Å². The Morgan fingerprint density at radius 3 is 2.67 bits per heavy atom. The molecule has 3 rings (SSSR count). The van der Waals surface area contributed by atoms with Gasteiger partial charge in [0.2, 0.25) is 0 Å². The van der Waals surface area contributed by atoms with Gasteiger partial charge in [-0.25, -0.2) is 4.98 Å². The smallest absolute Gasteiger partial charge is 0.138 e. The predicted molar refractivity (Wildman–Crippen MR) is 86.5 cm³/mol. The van der Waals surface area contributed by atoms with Crippen LogP contribution in [0.4, 0.5) is 5.69 Å². The molecule has 21 heavy (non-hydrogen) atoms. The summed E-state index contributed by atoms with van der Waals surface area (Å²) in [7, 11) is 0. The fraction of sp³-hybridized carbons (Fsp3) is 0.235. The molecule has 1 heterocycles. The molecule has 3 aromatic rings. The van der Waals surface area contributed by atoms with Crippen LogP contribution in [-0.2, 0) is 6.42 Å². The van der Waals surface area contributed by atoms with E-state index in [0.29, 0.717) is 6.54 Å². The summed E-state index contributed by atoms with van der Waals surface area (Å²) in [6.07, 6.45) is 1.02. The van der Waals surface area contributed by atoms with Crippen LogP contribution in [0.2, 0.25) is 0 Å². The highest BCUT2D eigenvalue weighted by Gasteiger charge is 2.05. The number of fused-ring (bicyclic) bond motifs is 1. The number of H-pyrrole nitrogens is 1. The average Bonchev–Trinajstić information content (AvgIpc) is 2.96. The van der Waals surface area contributed by atoms with Crippen molar-refractivity contribution < 1.29 is 5.11 Å². The summed E-state index contributed by atoms with van der Waals surface area (Å²) in [5.74, 6) is 0.881. The van der Waals surface area contributed by atoms with Crippen LogP contribution >= 0.6 is 0 Å². The Bertz CT molecular complexity index is 731. The lowest BCUT2D eigenvalue weighted by Gasteiger charge is -2.04. The summed E-state index contributed by atoms with van der Waals surface area (Å²) in [5, 5.41) is 11.9. The lowest BCUT2D eigenvalue weighted by Crippen LogP contribution is -2.04. The Balaban J connectivity index is 1.89. The molecule has 0 saturated carbocycles. The summed E-state index contributed by atoms with van der Waals surface area (Å²) in [6, 6.07) is 14.4. The zero-order valence-electron chi connectivity index (χ0n) is 12.1. The second kappa shape index (κ2) is 5.97. The first-order valence-electron chi connectivity index (χ1n) is 7.24. The summed E-state index contributed by atoms with van der Waals surface area (Å²) in [6.45, 7) is 2.84. The number of rotatable bonds is 5. The fourth-order valence-corrected chi connectivity index (χ4v) is 2.36. The summed E-state index contributed by atoms with van der Waals surface area (Å²) in [4.78, 5) is 8.01. The van der Waals surface area contributed by atoms with Gasteiger partial charge in [-0.2, -0.15) is 0 Å². The van der Waals surface area contributed by atoms with Crippen LogP contribution in [0.5, 0.6) is 0 Å². The number of hydrogen-bond donors (Lipinski definition) is 3. The van der Waals surface area contributed by atoms with Crippen LogP contribution in [0.3, 0.4) is 0 Å². The second-order valence-corrected chi connectivity index (χ2v) is 5.02. The van der Waals surface area contributed by atoms with E-state index in [1.54, 1.807) is 0 Å². The van der Waals surface area contributed by atoms with Gasteiger partial charge in [0.25, 0.3) is 0 Å². The van der Waals surface area contributed by atoms with Crippen molar-refractivity contribution in [2.24, 2.45) is 0 Å². The number of nitrogens with one attached hydrogen (secondary N) is 2. The van der Waals surface area contributed by atoms with Gasteiger partial charge in [-0.3, -0.25) is 0 Å². The number of nitrogens with zero attached hydrogens (tertiary/aromatic N) is 1. The quantitative estimate of drug-likeness (QED) is 0.673. The molecule has 0 bridgehead atoms. The van der Waals surface area contributed by atoms with Crippen LogP contribution in [0.1, 0.15) is 12.5 Å². The molecular formula is C17H19N3O. The van der Waals surface area contributed by atoms with Gasteiger partial charge >= 0.3 is 0 Å². The molecule has 0 spiro atoms. The van der Waals surface area contributed by atoms with Gasteiger partial charge in [0, 0.05) is 17.8 Å². The maximum atomic E-state index is 8.81. The van der Waals surface area contributed by atoms with Gasteiger partial charge in [-0.1, -0.05) is 13.0 Å². The van der Waals surface area contributed by atoms with Crippen LogP contribution in [0.25, 0.3) is 22.4 Å². The van der Waals surface area contributed by atoms with Crippen LogP contribution in [-0.4, -0.2) is 28.2 Å². The number of benzene rings is 2. The van der Waals surface area contributed by atoms with E-state index < -0.39 is 0 Å². The fourth-order valence-electron chi connectivity index (χ4n) is 2.36. The largest absolute Gasteiger partial charge is 0.395 e. The van der Waals surface area contributed by atoms with Gasteiger partial charge in [-0.05, 0) is 48.4 Å². The van der Waals surface area contributed by atoms with Crippen molar-refractivity contribution in [3.05, 3.63) is 48.0 Å². The molecule has 0 radical (unpaired) electrons. The Morgan fingerprint density at radius 2 is 1.95 bits per heavy atom. The van der Waals surface area contributed by atoms with Crippen LogP contribution < -0.4 is 5.32 Å². The van der Waals surface area contributed by atoms with E-state index in [1.165, 1.54) is 5.56 Å². The monoisotopic (exact) mass is 281 g/mol. The van der Waals surface area contributed by atoms with E-state index in [-0.39, 0.29) is 6.61 Å². The molecule has 0 aliphatic heterocycles. The molecule has 2 aromatic carbocycles. The van der Waals surface area contributed by atoms with Gasteiger partial charge in [0.15, 0.2) is 0 Å². The molecule has 4 heteroatoms. The molecule has 0 aliphatic rings. The molecular weight excluding hydrogens is 262 g/mol. The minimum atomic E-state index is 0.130. The standard InChI is InChI=1S/C17H19N3O/c1-2-12-3-8-15-16(11-12)20-17(19-15)13-4-6-14(7-5-13)18-9-10-21/h3-8,11,18,21H,2,9-10H2,1H3,(H,19,20). The van der Waals surface area contributed by atoms with E-state index in [1.807, 2.05) is 24.3 Å². The van der Waals surface area contributed by atoms with Gasteiger partial charge in [-0.15, -0.1) is 0 Å². The Labute approximate surface area is 123 Å². The second-order valence-electron chi connectivity index (χ2n) is 5.02. The Kier molecular flexibility index (Phi) is 3.88. The minimum Gasteiger partial charge on any atom is -0.395 e. The number of aromatic nitrogens is 2. The molecule has 1 aromatic heterocycles. The van der Waals surface area contributed by atoms with E-state index in [0.717, 1.165) is 34.5 Å². The number of aliphatic hydroxyl groups is 1. The van der Waals surface area contributed by atoms with Crippen molar-refractivity contribution in [2.45, 2.75) is 13.3 Å². The summed E-state index contributed by atoms with van der Waals surface area (Å²) in [5.41, 5.74) is 5.42. The summed E-state index contributed by atoms with van der Waals surface area (Å²) >= 11 is 0. The van der Waals surface area contributed by atoms with Crippen molar-refractivity contribution in [1.29, 1.82) is 0 Å². The highest BCUT2D eigenvalue weighted by atomic mass is 16.3. The molecule has 0 fully saturated rings. The van der Waals surface area contributed by atoms with Gasteiger partial charge < -0.3 is 15.4 Å². The molecule has 0 amide bonds. The molecule has 4 nitrogen and oxygen atoms in total. The summed E-state index contributed by atoms with van der Waals surface area (Å²) < 4.78 is 0. The zero-order chi connectivity index (χ0) is 14.7. The van der Waals surface area contributed by atoms with Crippen molar-refractivity contribution in [1.82, 2.24) is 9.97 Å². The first-order valence-corrected chi connectivity index (χ1v) is 7.24. The minimum absolute atomic E-state index is 0.130. The van der Waals surface area contributed by atoms with Crippen molar-refractivity contribution >= 4 is 16.7 Å². The molecule has 0 unspecified atom stereocenters. The lowest BCUT2D eigenvalue weighted by atomic mass is 10.1. The lowest BCUT2D eigenvalue weighted by molar-refractivity contribution is 0.311. The number of aromatic amines is 1. The predicted octanol–water partition coefficient (Wildman–Crippen LogP) is 3.20. The third-order valence-electron chi connectivity index (χ3n) is 3.55. The highest BCUT2D eigenvalue weighted by Crippen LogP contribution is 2.22. The number of aliphatic hydroxyl groups excluding tert-OH is 1. The number of imidazole rings is 1. The van der Waals surface area contributed by atoms with Crippen molar-refractivity contribution in [3.63, 3.8) is 0 Å². The molecule has 0 atom stereocenters. The van der Waals surface area contributed by atoms with E-state index in [4.69, 9.17) is 5.11 Å². The molecule has 108 valence electrons. The van der Waals surface area contributed by atoms with Gasteiger partial charge in [0.1, 0.15) is 5.82 Å². The van der Waals surface area contributed by atoms with Crippen LogP contribution in [0, 0.1) is 0 Å². The van der Waals surface area contributed by atoms with Gasteiger partial charge in [0.05, 0.1) is 17.6 Å². The van der Waals surface area contributed by atoms with E-state index in [2.05, 4.69) is 40.4 Å². The Hall–Kier alpha value is -2.33. The average molecular weight is 281 g/mol. The number of hydrogen-bond acceptors (Lipinski definition) is 3. The molecule has 0 aliphatic carbocycles. The maximum absolute atomic E-state index is 8.81. The van der Waals surface area contributed by atoms with Crippen molar-refractivity contribution in [2.75, 3.05) is 18.5 Å². The SMILES string of the molecule is CCc1ccc2nc(-c3ccc(NCCO)cc3)[nH]c2c1. The number of aryl methyl sites for hydroxylation is 1. The molecule has 0 saturated heterocycles. The Morgan fingerprint density at radius 1 is 1.14 bits per heavy atom. The highest BCUT2D eigenvalue weighted by molar-refractivity contribution is 5.80. The number of anilines is 1. The van der Waals surface area contributed by atoms with Crippen molar-refractivity contribution in [3.8, 4) is 11.4 Å². The first kappa shape index (κ1) is 13.6. The topological polar surface area (TPSA) is 60.9 Å². The van der Waals surface area contributed by atoms with E-state index in [9.17, 15) is 0 Å². The zero-order valence-corrected chi connectivity index (χ0v) is 12.1.